The monoisotopic (exact) mass is 382 g/mol. The highest BCUT2D eigenvalue weighted by molar-refractivity contribution is 7.92. The Balaban J connectivity index is 2.17. The zero-order chi connectivity index (χ0) is 18.7. The molecule has 0 unspecified atom stereocenters. The fourth-order valence-electron chi connectivity index (χ4n) is 2.51. The second-order valence-corrected chi connectivity index (χ2v) is 9.51. The minimum atomic E-state index is -3.67. The van der Waals surface area contributed by atoms with Crippen molar-refractivity contribution in [3.05, 3.63) is 59.7 Å². The largest absolute Gasteiger partial charge is 0.269 e. The fraction of sp³-hybridized carbons (Fsp3) is 0.294. The molecule has 0 bridgehead atoms. The van der Waals surface area contributed by atoms with Crippen LogP contribution in [0, 0.1) is 13.8 Å². The van der Waals surface area contributed by atoms with E-state index in [9.17, 15) is 16.8 Å². The van der Waals surface area contributed by atoms with Gasteiger partial charge in [0.1, 0.15) is 0 Å². The van der Waals surface area contributed by atoms with Gasteiger partial charge in [0.15, 0.2) is 0 Å². The maximum Gasteiger partial charge on any atom is 0.240 e. The van der Waals surface area contributed by atoms with Gasteiger partial charge in [0, 0.05) is 13.1 Å². The van der Waals surface area contributed by atoms with E-state index in [0.717, 1.165) is 17.4 Å². The Labute approximate surface area is 149 Å². The third-order valence-corrected chi connectivity index (χ3v) is 6.34. The van der Waals surface area contributed by atoms with Crippen molar-refractivity contribution in [2.45, 2.75) is 18.7 Å². The molecule has 6 nitrogen and oxygen atoms in total. The maximum absolute atomic E-state index is 12.2. The lowest BCUT2D eigenvalue weighted by molar-refractivity contribution is 0.578. The van der Waals surface area contributed by atoms with Crippen LogP contribution in [-0.4, -0.2) is 36.2 Å². The van der Waals surface area contributed by atoms with Gasteiger partial charge >= 0.3 is 0 Å². The van der Waals surface area contributed by atoms with Crippen LogP contribution in [0.15, 0.2) is 53.4 Å². The van der Waals surface area contributed by atoms with Crippen LogP contribution in [0.3, 0.4) is 0 Å². The summed E-state index contributed by atoms with van der Waals surface area (Å²) in [6.45, 7) is 3.73. The van der Waals surface area contributed by atoms with Crippen LogP contribution in [0.4, 0.5) is 5.69 Å². The van der Waals surface area contributed by atoms with Crippen LogP contribution in [0.25, 0.3) is 0 Å². The molecule has 2 aromatic rings. The molecule has 0 radical (unpaired) electrons. The van der Waals surface area contributed by atoms with Crippen molar-refractivity contribution >= 4 is 25.7 Å². The van der Waals surface area contributed by atoms with Gasteiger partial charge in [-0.1, -0.05) is 35.9 Å². The van der Waals surface area contributed by atoms with Crippen LogP contribution < -0.4 is 9.03 Å². The Bertz CT molecular complexity index is 940. The molecule has 0 heterocycles. The molecule has 2 rings (SSSR count). The van der Waals surface area contributed by atoms with E-state index in [1.165, 1.54) is 16.4 Å². The number of sulfonamides is 2. The molecule has 8 heteroatoms. The molecule has 0 fully saturated rings. The minimum Gasteiger partial charge on any atom is -0.269 e. The molecule has 1 N–H and O–H groups in total. The third-order valence-electron chi connectivity index (χ3n) is 3.68. The van der Waals surface area contributed by atoms with Gasteiger partial charge in [0.05, 0.1) is 16.8 Å². The number of hydrogen-bond acceptors (Lipinski definition) is 4. The summed E-state index contributed by atoms with van der Waals surface area (Å²) in [5, 5.41) is 0. The first-order chi connectivity index (χ1) is 11.6. The second-order valence-electron chi connectivity index (χ2n) is 5.84. The van der Waals surface area contributed by atoms with Crippen molar-refractivity contribution in [2.24, 2.45) is 0 Å². The Morgan fingerprint density at radius 2 is 1.60 bits per heavy atom. The second kappa shape index (κ2) is 7.55. The van der Waals surface area contributed by atoms with Gasteiger partial charge in [0.25, 0.3) is 0 Å². The summed E-state index contributed by atoms with van der Waals surface area (Å²) in [6, 6.07) is 13.4. The number of hydrogen-bond donors (Lipinski definition) is 1. The van der Waals surface area contributed by atoms with Gasteiger partial charge in [-0.3, -0.25) is 4.31 Å². The number of nitrogens with one attached hydrogen (secondary N) is 1. The van der Waals surface area contributed by atoms with Gasteiger partial charge < -0.3 is 0 Å². The molecular weight excluding hydrogens is 360 g/mol. The summed E-state index contributed by atoms with van der Waals surface area (Å²) >= 11 is 0. The summed E-state index contributed by atoms with van der Waals surface area (Å²) in [4.78, 5) is 0.146. The Morgan fingerprint density at radius 3 is 2.16 bits per heavy atom. The molecular formula is C17H22N2O4S2. The standard InChI is InChI=1S/C17H22N2O4S2/c1-14-9-10-17(15(2)13-14)19(24(3,20)21)12-11-18-25(22,23)16-7-5-4-6-8-16/h4-10,13,18H,11-12H2,1-3H3. The van der Waals surface area contributed by atoms with Crippen molar-refractivity contribution in [2.75, 3.05) is 23.7 Å². The first-order valence-corrected chi connectivity index (χ1v) is 11.0. The summed E-state index contributed by atoms with van der Waals surface area (Å²) in [5.74, 6) is 0. The van der Waals surface area contributed by atoms with Gasteiger partial charge in [-0.2, -0.15) is 0 Å². The predicted octanol–water partition coefficient (Wildman–Crippen LogP) is 2.05. The summed E-state index contributed by atoms with van der Waals surface area (Å²) in [7, 11) is -7.21. The first-order valence-electron chi connectivity index (χ1n) is 7.71. The zero-order valence-electron chi connectivity index (χ0n) is 14.4. The van der Waals surface area contributed by atoms with E-state index in [1.54, 1.807) is 24.3 Å². The molecule has 0 aliphatic carbocycles. The summed E-state index contributed by atoms with van der Waals surface area (Å²) in [5.41, 5.74) is 2.39. The summed E-state index contributed by atoms with van der Waals surface area (Å²) in [6.07, 6.45) is 1.11. The molecule has 0 atom stereocenters. The fourth-order valence-corrected chi connectivity index (χ4v) is 4.54. The average molecular weight is 383 g/mol. The van der Waals surface area contributed by atoms with Crippen molar-refractivity contribution in [1.29, 1.82) is 0 Å². The topological polar surface area (TPSA) is 83.6 Å². The Morgan fingerprint density at radius 1 is 0.960 bits per heavy atom. The van der Waals surface area contributed by atoms with Crippen LogP contribution in [-0.2, 0) is 20.0 Å². The van der Waals surface area contributed by atoms with E-state index >= 15 is 0 Å². The first kappa shape index (κ1) is 19.4. The Kier molecular flexibility index (Phi) is 5.87. The van der Waals surface area contributed by atoms with Gasteiger partial charge in [-0.15, -0.1) is 0 Å². The number of benzene rings is 2. The number of rotatable bonds is 7. The van der Waals surface area contributed by atoms with Gasteiger partial charge in [-0.05, 0) is 37.6 Å². The molecule has 2 aromatic carbocycles. The maximum atomic E-state index is 12.2. The van der Waals surface area contributed by atoms with Crippen molar-refractivity contribution in [1.82, 2.24) is 4.72 Å². The number of anilines is 1. The molecule has 0 aliphatic heterocycles. The molecule has 25 heavy (non-hydrogen) atoms. The van der Waals surface area contributed by atoms with Crippen molar-refractivity contribution in [3.63, 3.8) is 0 Å². The molecule has 136 valence electrons. The molecule has 0 saturated carbocycles. The van der Waals surface area contributed by atoms with Crippen LogP contribution in [0.5, 0.6) is 0 Å². The van der Waals surface area contributed by atoms with E-state index in [4.69, 9.17) is 0 Å². The highest BCUT2D eigenvalue weighted by Crippen LogP contribution is 2.23. The van der Waals surface area contributed by atoms with Crippen LogP contribution >= 0.6 is 0 Å². The quantitative estimate of drug-likeness (QED) is 0.794. The molecule has 0 aliphatic rings. The van der Waals surface area contributed by atoms with E-state index < -0.39 is 20.0 Å². The highest BCUT2D eigenvalue weighted by Gasteiger charge is 2.20. The lowest BCUT2D eigenvalue weighted by atomic mass is 10.1. The zero-order valence-corrected chi connectivity index (χ0v) is 16.1. The number of aryl methyl sites for hydroxylation is 2. The van der Waals surface area contributed by atoms with Gasteiger partial charge in [-0.25, -0.2) is 21.6 Å². The average Bonchev–Trinajstić information content (AvgIpc) is 2.52. The molecule has 0 amide bonds. The van der Waals surface area contributed by atoms with E-state index in [2.05, 4.69) is 4.72 Å². The highest BCUT2D eigenvalue weighted by atomic mass is 32.2. The van der Waals surface area contributed by atoms with Crippen LogP contribution in [0.2, 0.25) is 0 Å². The van der Waals surface area contributed by atoms with Crippen LogP contribution in [0.1, 0.15) is 11.1 Å². The van der Waals surface area contributed by atoms with E-state index in [0.29, 0.717) is 5.69 Å². The lowest BCUT2D eigenvalue weighted by Gasteiger charge is -2.24. The Hall–Kier alpha value is -1.90. The van der Waals surface area contributed by atoms with E-state index in [-0.39, 0.29) is 18.0 Å². The smallest absolute Gasteiger partial charge is 0.240 e. The third kappa shape index (κ3) is 5.04. The summed E-state index contributed by atoms with van der Waals surface area (Å²) < 4.78 is 52.4. The molecule has 0 aromatic heterocycles. The van der Waals surface area contributed by atoms with E-state index in [1.807, 2.05) is 26.0 Å². The molecule has 0 saturated heterocycles. The SMILES string of the molecule is Cc1ccc(N(CCNS(=O)(=O)c2ccccc2)S(C)(=O)=O)c(C)c1. The minimum absolute atomic E-state index is 0.00873. The normalized spacial score (nSPS) is 12.1. The van der Waals surface area contributed by atoms with Crippen molar-refractivity contribution in [3.8, 4) is 0 Å². The predicted molar refractivity (Wildman–Crippen MR) is 99.7 cm³/mol. The lowest BCUT2D eigenvalue weighted by Crippen LogP contribution is -2.38. The van der Waals surface area contributed by atoms with Crippen molar-refractivity contribution < 1.29 is 16.8 Å². The number of nitrogens with zero attached hydrogens (tertiary/aromatic N) is 1. The molecule has 0 spiro atoms. The van der Waals surface area contributed by atoms with Gasteiger partial charge in [0.2, 0.25) is 20.0 Å².